The molecule has 1 aliphatic rings. The van der Waals surface area contributed by atoms with E-state index in [1.54, 1.807) is 38.1 Å². The van der Waals surface area contributed by atoms with E-state index in [1.165, 1.54) is 0 Å². The van der Waals surface area contributed by atoms with Crippen LogP contribution in [-0.2, 0) is 16.1 Å². The van der Waals surface area contributed by atoms with E-state index in [0.717, 1.165) is 5.56 Å². The minimum atomic E-state index is -0.726. The molecule has 7 nitrogen and oxygen atoms in total. The maximum absolute atomic E-state index is 12.3. The molecule has 0 aromatic heterocycles. The summed E-state index contributed by atoms with van der Waals surface area (Å²) in [6, 6.07) is 12.1. The Kier molecular flexibility index (Phi) is 5.80. The van der Waals surface area contributed by atoms with Crippen molar-refractivity contribution in [3.8, 4) is 17.2 Å². The number of benzene rings is 2. The molecule has 0 radical (unpaired) electrons. The predicted octanol–water partition coefficient (Wildman–Crippen LogP) is 2.68. The van der Waals surface area contributed by atoms with E-state index in [1.807, 2.05) is 18.2 Å². The van der Waals surface area contributed by atoms with Crippen LogP contribution in [0.2, 0.25) is 0 Å². The molecule has 0 spiro atoms. The Hall–Kier alpha value is -3.22. The number of nitrogens with one attached hydrogen (secondary N) is 1. The second-order valence-electron chi connectivity index (χ2n) is 5.91. The molecule has 3 rings (SSSR count). The summed E-state index contributed by atoms with van der Waals surface area (Å²) < 4.78 is 21.2. The normalized spacial score (nSPS) is 13.0. The number of carbonyl (C=O) groups is 2. The van der Waals surface area contributed by atoms with Crippen LogP contribution < -0.4 is 19.5 Å². The number of rotatable bonds is 7. The minimum absolute atomic E-state index is 0.209. The molecule has 1 N–H and O–H groups in total. The van der Waals surface area contributed by atoms with Crippen LogP contribution in [0.4, 0.5) is 0 Å². The van der Waals surface area contributed by atoms with Gasteiger partial charge in [0.2, 0.25) is 6.79 Å². The van der Waals surface area contributed by atoms with E-state index in [0.29, 0.717) is 36.0 Å². The van der Waals surface area contributed by atoms with E-state index >= 15 is 0 Å². The van der Waals surface area contributed by atoms with Gasteiger partial charge in [0, 0.05) is 6.54 Å². The van der Waals surface area contributed by atoms with Gasteiger partial charge in [-0.25, -0.2) is 4.79 Å². The summed E-state index contributed by atoms with van der Waals surface area (Å²) in [6.07, 6.45) is -0.726. The Bertz CT molecular complexity index is 835. The van der Waals surface area contributed by atoms with Crippen LogP contribution in [0.1, 0.15) is 29.8 Å². The highest BCUT2D eigenvalue weighted by Crippen LogP contribution is 2.32. The maximum Gasteiger partial charge on any atom is 0.338 e. The van der Waals surface area contributed by atoms with Crippen molar-refractivity contribution >= 4 is 11.9 Å². The van der Waals surface area contributed by atoms with Gasteiger partial charge in [-0.15, -0.1) is 0 Å². The van der Waals surface area contributed by atoms with Gasteiger partial charge in [-0.3, -0.25) is 4.79 Å². The molecule has 2 aromatic carbocycles. The molecule has 0 unspecified atom stereocenters. The first-order valence-electron chi connectivity index (χ1n) is 8.67. The molecule has 1 atom stereocenters. The Morgan fingerprint density at radius 2 is 1.96 bits per heavy atom. The van der Waals surface area contributed by atoms with Gasteiger partial charge in [0.25, 0.3) is 5.91 Å². The van der Waals surface area contributed by atoms with Crippen LogP contribution >= 0.6 is 0 Å². The Balaban J connectivity index is 1.54. The van der Waals surface area contributed by atoms with Crippen LogP contribution in [0, 0.1) is 0 Å². The number of ether oxygens (including phenoxy) is 4. The van der Waals surface area contributed by atoms with Crippen LogP contribution in [-0.4, -0.2) is 31.4 Å². The van der Waals surface area contributed by atoms with Crippen molar-refractivity contribution in [1.29, 1.82) is 0 Å². The molecule has 142 valence electrons. The highest BCUT2D eigenvalue weighted by molar-refractivity contribution is 5.89. The Labute approximate surface area is 157 Å². The lowest BCUT2D eigenvalue weighted by atomic mass is 10.2. The van der Waals surface area contributed by atoms with E-state index in [4.69, 9.17) is 18.9 Å². The molecule has 0 aliphatic carbocycles. The Morgan fingerprint density at radius 3 is 2.78 bits per heavy atom. The first-order valence-corrected chi connectivity index (χ1v) is 8.67. The van der Waals surface area contributed by atoms with Gasteiger partial charge in [0.05, 0.1) is 12.2 Å². The smallest absolute Gasteiger partial charge is 0.338 e. The quantitative estimate of drug-likeness (QED) is 0.754. The number of carbonyl (C=O) groups excluding carboxylic acids is 2. The summed E-state index contributed by atoms with van der Waals surface area (Å²) in [4.78, 5) is 24.1. The highest BCUT2D eigenvalue weighted by Gasteiger charge is 2.17. The fraction of sp³-hybridized carbons (Fsp3) is 0.300. The number of hydrogen-bond donors (Lipinski definition) is 1. The standard InChI is InChI=1S/C20H21NO6/c1-3-24-20(23)15-5-4-6-16(10-15)27-13(2)19(22)21-11-14-7-8-17-18(9-14)26-12-25-17/h4-10,13H,3,11-12H2,1-2H3,(H,21,22)/t13-/m0/s1. The van der Waals surface area contributed by atoms with Crippen LogP contribution in [0.25, 0.3) is 0 Å². The topological polar surface area (TPSA) is 83.1 Å². The molecule has 0 saturated heterocycles. The van der Waals surface area contributed by atoms with Gasteiger partial charge >= 0.3 is 5.97 Å². The zero-order chi connectivity index (χ0) is 19.2. The lowest BCUT2D eigenvalue weighted by Crippen LogP contribution is -2.35. The average molecular weight is 371 g/mol. The summed E-state index contributed by atoms with van der Waals surface area (Å²) in [5, 5.41) is 2.82. The summed E-state index contributed by atoms with van der Waals surface area (Å²) in [7, 11) is 0. The number of amides is 1. The third-order valence-corrected chi connectivity index (χ3v) is 3.93. The van der Waals surface area contributed by atoms with E-state index in [9.17, 15) is 9.59 Å². The van der Waals surface area contributed by atoms with Crippen molar-refractivity contribution < 1.29 is 28.5 Å². The summed E-state index contributed by atoms with van der Waals surface area (Å²) in [5.74, 6) is 1.09. The Morgan fingerprint density at radius 1 is 1.15 bits per heavy atom. The molecular formula is C20H21NO6. The van der Waals surface area contributed by atoms with Gasteiger partial charge in [-0.1, -0.05) is 12.1 Å². The van der Waals surface area contributed by atoms with E-state index in [2.05, 4.69) is 5.32 Å². The largest absolute Gasteiger partial charge is 0.481 e. The van der Waals surface area contributed by atoms with Crippen LogP contribution in [0.15, 0.2) is 42.5 Å². The monoisotopic (exact) mass is 371 g/mol. The SMILES string of the molecule is CCOC(=O)c1cccc(O[C@@H](C)C(=O)NCc2ccc3c(c2)OCO3)c1. The molecule has 0 bridgehead atoms. The number of hydrogen-bond acceptors (Lipinski definition) is 6. The van der Waals surface area contributed by atoms with Crippen LogP contribution in [0.5, 0.6) is 17.2 Å². The molecule has 0 saturated carbocycles. The van der Waals surface area contributed by atoms with E-state index < -0.39 is 12.1 Å². The second-order valence-corrected chi connectivity index (χ2v) is 5.91. The molecule has 2 aromatic rings. The first-order chi connectivity index (χ1) is 13.1. The summed E-state index contributed by atoms with van der Waals surface area (Å²) in [6.45, 7) is 4.23. The molecule has 7 heteroatoms. The van der Waals surface area contributed by atoms with E-state index in [-0.39, 0.29) is 12.7 Å². The van der Waals surface area contributed by atoms with Gasteiger partial charge in [-0.05, 0) is 49.7 Å². The third kappa shape index (κ3) is 4.69. The zero-order valence-electron chi connectivity index (χ0n) is 15.2. The van der Waals surface area contributed by atoms with Crippen molar-refractivity contribution in [2.24, 2.45) is 0 Å². The average Bonchev–Trinajstić information content (AvgIpc) is 3.14. The van der Waals surface area contributed by atoms with Crippen molar-refractivity contribution in [2.45, 2.75) is 26.5 Å². The molecular weight excluding hydrogens is 350 g/mol. The lowest BCUT2D eigenvalue weighted by Gasteiger charge is -2.15. The lowest BCUT2D eigenvalue weighted by molar-refractivity contribution is -0.127. The molecule has 1 heterocycles. The van der Waals surface area contributed by atoms with Gasteiger partial charge in [-0.2, -0.15) is 0 Å². The van der Waals surface area contributed by atoms with Crippen molar-refractivity contribution in [2.75, 3.05) is 13.4 Å². The summed E-state index contributed by atoms with van der Waals surface area (Å²) in [5.41, 5.74) is 1.27. The molecule has 0 fully saturated rings. The highest BCUT2D eigenvalue weighted by atomic mass is 16.7. The number of esters is 1. The zero-order valence-corrected chi connectivity index (χ0v) is 15.2. The van der Waals surface area contributed by atoms with Crippen LogP contribution in [0.3, 0.4) is 0 Å². The fourth-order valence-corrected chi connectivity index (χ4v) is 2.55. The maximum atomic E-state index is 12.3. The first kappa shape index (κ1) is 18.6. The second kappa shape index (κ2) is 8.44. The molecule has 1 amide bonds. The minimum Gasteiger partial charge on any atom is -0.481 e. The third-order valence-electron chi connectivity index (χ3n) is 3.93. The van der Waals surface area contributed by atoms with Crippen molar-refractivity contribution in [3.63, 3.8) is 0 Å². The van der Waals surface area contributed by atoms with Gasteiger partial charge in [0.15, 0.2) is 17.6 Å². The summed E-state index contributed by atoms with van der Waals surface area (Å²) >= 11 is 0. The van der Waals surface area contributed by atoms with Gasteiger partial charge in [0.1, 0.15) is 5.75 Å². The predicted molar refractivity (Wildman–Crippen MR) is 96.9 cm³/mol. The molecule has 27 heavy (non-hydrogen) atoms. The van der Waals surface area contributed by atoms with Gasteiger partial charge < -0.3 is 24.3 Å². The van der Waals surface area contributed by atoms with Crippen molar-refractivity contribution in [1.82, 2.24) is 5.32 Å². The van der Waals surface area contributed by atoms with Crippen molar-refractivity contribution in [3.05, 3.63) is 53.6 Å². The molecule has 1 aliphatic heterocycles. The number of fused-ring (bicyclic) bond motifs is 1. The fourth-order valence-electron chi connectivity index (χ4n) is 2.55.